The van der Waals surface area contributed by atoms with E-state index < -0.39 is 5.82 Å². The Morgan fingerprint density at radius 1 is 1.52 bits per heavy atom. The van der Waals surface area contributed by atoms with E-state index in [-0.39, 0.29) is 11.4 Å². The molecule has 0 bridgehead atoms. The van der Waals surface area contributed by atoms with Gasteiger partial charge in [-0.25, -0.2) is 4.39 Å². The van der Waals surface area contributed by atoms with Crippen LogP contribution in [-0.2, 0) is 6.54 Å². The largest absolute Gasteiger partial charge is 0.409 e. The average molecular weight is 294 g/mol. The molecule has 5 nitrogen and oxygen atoms in total. The summed E-state index contributed by atoms with van der Waals surface area (Å²) in [5.41, 5.74) is 6.24. The molecule has 21 heavy (non-hydrogen) atoms. The summed E-state index contributed by atoms with van der Waals surface area (Å²) in [5.74, 6) is -0.594. The molecule has 0 aliphatic carbocycles. The van der Waals surface area contributed by atoms with Crippen LogP contribution in [0.2, 0.25) is 0 Å². The Balaban J connectivity index is 2.16. The molecule has 2 rings (SSSR count). The fraction of sp³-hybridized carbons (Fsp3) is 0.533. The lowest BCUT2D eigenvalue weighted by Crippen LogP contribution is -2.37. The normalized spacial score (nSPS) is 20.4. The van der Waals surface area contributed by atoms with E-state index in [0.29, 0.717) is 18.2 Å². The number of halogens is 1. The molecule has 1 saturated heterocycles. The zero-order valence-electron chi connectivity index (χ0n) is 12.6. The van der Waals surface area contributed by atoms with E-state index in [1.54, 1.807) is 12.1 Å². The van der Waals surface area contributed by atoms with Gasteiger partial charge >= 0.3 is 0 Å². The number of rotatable bonds is 5. The highest BCUT2D eigenvalue weighted by molar-refractivity contribution is 5.97. The Morgan fingerprint density at radius 2 is 2.29 bits per heavy atom. The van der Waals surface area contributed by atoms with Crippen molar-refractivity contribution in [2.24, 2.45) is 10.9 Å². The first-order valence-electron chi connectivity index (χ1n) is 7.17. The molecule has 6 heteroatoms. The van der Waals surface area contributed by atoms with Crippen molar-refractivity contribution in [1.29, 1.82) is 0 Å². The average Bonchev–Trinajstić information content (AvgIpc) is 2.86. The van der Waals surface area contributed by atoms with E-state index in [1.807, 2.05) is 0 Å². The zero-order chi connectivity index (χ0) is 15.4. The number of hydrogen-bond acceptors (Lipinski definition) is 4. The lowest BCUT2D eigenvalue weighted by molar-refractivity contribution is 0.199. The van der Waals surface area contributed by atoms with Crippen LogP contribution in [0.5, 0.6) is 0 Å². The summed E-state index contributed by atoms with van der Waals surface area (Å²) in [4.78, 5) is 4.46. The molecule has 3 N–H and O–H groups in total. The Bertz CT molecular complexity index is 518. The second-order valence-electron chi connectivity index (χ2n) is 5.79. The number of oxime groups is 1. The van der Waals surface area contributed by atoms with E-state index >= 15 is 0 Å². The van der Waals surface area contributed by atoms with Gasteiger partial charge in [-0.3, -0.25) is 4.90 Å². The molecule has 1 aliphatic rings. The Kier molecular flexibility index (Phi) is 5.14. The molecule has 116 valence electrons. The molecule has 1 heterocycles. The standard InChI is InChI=1S/C15H23FN4O/c1-19(2)10-12-6-4-8-20(12)9-11-5-3-7-13(14(11)16)15(17)18-21/h3,5,7,12,21H,4,6,8-10H2,1-2H3,(H2,17,18). The molecule has 1 aliphatic heterocycles. The number of amidine groups is 1. The van der Waals surface area contributed by atoms with Gasteiger partial charge < -0.3 is 15.8 Å². The summed E-state index contributed by atoms with van der Waals surface area (Å²) >= 11 is 0. The van der Waals surface area contributed by atoms with Crippen LogP contribution in [-0.4, -0.2) is 54.1 Å². The topological polar surface area (TPSA) is 65.1 Å². The lowest BCUT2D eigenvalue weighted by Gasteiger charge is -2.27. The Morgan fingerprint density at radius 3 is 2.95 bits per heavy atom. The van der Waals surface area contributed by atoms with Gasteiger partial charge in [-0.1, -0.05) is 17.3 Å². The highest BCUT2D eigenvalue weighted by Crippen LogP contribution is 2.22. The van der Waals surface area contributed by atoms with Crippen LogP contribution < -0.4 is 5.73 Å². The van der Waals surface area contributed by atoms with E-state index in [9.17, 15) is 4.39 Å². The summed E-state index contributed by atoms with van der Waals surface area (Å²) < 4.78 is 14.4. The summed E-state index contributed by atoms with van der Waals surface area (Å²) in [5, 5.41) is 11.6. The highest BCUT2D eigenvalue weighted by Gasteiger charge is 2.26. The summed E-state index contributed by atoms with van der Waals surface area (Å²) in [7, 11) is 4.10. The third-order valence-electron chi connectivity index (χ3n) is 3.91. The minimum Gasteiger partial charge on any atom is -0.409 e. The first-order chi connectivity index (χ1) is 10.0. The van der Waals surface area contributed by atoms with Crippen LogP contribution in [0.25, 0.3) is 0 Å². The third-order valence-corrected chi connectivity index (χ3v) is 3.91. The molecule has 0 amide bonds. The second kappa shape index (κ2) is 6.87. The summed E-state index contributed by atoms with van der Waals surface area (Å²) in [6, 6.07) is 5.47. The maximum atomic E-state index is 14.4. The maximum absolute atomic E-state index is 14.4. The van der Waals surface area contributed by atoms with Crippen LogP contribution in [0.15, 0.2) is 23.4 Å². The predicted molar refractivity (Wildman–Crippen MR) is 80.9 cm³/mol. The van der Waals surface area contributed by atoms with Gasteiger partial charge in [-0.15, -0.1) is 0 Å². The van der Waals surface area contributed by atoms with Crippen molar-refractivity contribution in [2.75, 3.05) is 27.2 Å². The molecule has 1 fully saturated rings. The van der Waals surface area contributed by atoms with Gasteiger partial charge in [0.1, 0.15) is 5.82 Å². The van der Waals surface area contributed by atoms with Crippen molar-refractivity contribution < 1.29 is 9.60 Å². The SMILES string of the molecule is CN(C)CC1CCCN1Cc1cccc(/C(N)=N/O)c1F. The van der Waals surface area contributed by atoms with Crippen molar-refractivity contribution >= 4 is 5.84 Å². The number of benzene rings is 1. The van der Waals surface area contributed by atoms with Crippen LogP contribution in [0.1, 0.15) is 24.0 Å². The van der Waals surface area contributed by atoms with Crippen LogP contribution in [0, 0.1) is 5.82 Å². The zero-order valence-corrected chi connectivity index (χ0v) is 12.6. The smallest absolute Gasteiger partial charge is 0.173 e. The number of likely N-dealkylation sites (N-methyl/N-ethyl adjacent to an activating group) is 1. The Labute approximate surface area is 124 Å². The van der Waals surface area contributed by atoms with E-state index in [0.717, 1.165) is 25.9 Å². The second-order valence-corrected chi connectivity index (χ2v) is 5.79. The fourth-order valence-corrected chi connectivity index (χ4v) is 2.90. The minimum absolute atomic E-state index is 0.151. The number of nitrogens with zero attached hydrogens (tertiary/aromatic N) is 3. The van der Waals surface area contributed by atoms with Crippen LogP contribution in [0.3, 0.4) is 0 Å². The number of likely N-dealkylation sites (tertiary alicyclic amines) is 1. The predicted octanol–water partition coefficient (Wildman–Crippen LogP) is 1.45. The molecular weight excluding hydrogens is 271 g/mol. The van der Waals surface area contributed by atoms with Crippen molar-refractivity contribution in [3.05, 3.63) is 35.1 Å². The third kappa shape index (κ3) is 3.71. The fourth-order valence-electron chi connectivity index (χ4n) is 2.90. The van der Waals surface area contributed by atoms with Crippen molar-refractivity contribution in [2.45, 2.75) is 25.4 Å². The van der Waals surface area contributed by atoms with Gasteiger partial charge in [0, 0.05) is 24.7 Å². The first-order valence-corrected chi connectivity index (χ1v) is 7.17. The number of hydrogen-bond donors (Lipinski definition) is 2. The van der Waals surface area contributed by atoms with Gasteiger partial charge in [0.2, 0.25) is 0 Å². The van der Waals surface area contributed by atoms with Crippen molar-refractivity contribution in [3.8, 4) is 0 Å². The molecule has 1 aromatic carbocycles. The minimum atomic E-state index is -0.400. The molecule has 1 unspecified atom stereocenters. The van der Waals surface area contributed by atoms with Crippen LogP contribution in [0.4, 0.5) is 4.39 Å². The van der Waals surface area contributed by atoms with Crippen molar-refractivity contribution in [3.63, 3.8) is 0 Å². The van der Waals surface area contributed by atoms with E-state index in [4.69, 9.17) is 10.9 Å². The van der Waals surface area contributed by atoms with Crippen LogP contribution >= 0.6 is 0 Å². The maximum Gasteiger partial charge on any atom is 0.173 e. The summed E-state index contributed by atoms with van der Waals surface area (Å²) in [6.07, 6.45) is 2.28. The quantitative estimate of drug-likeness (QED) is 0.373. The monoisotopic (exact) mass is 294 g/mol. The van der Waals surface area contributed by atoms with Gasteiger partial charge in [-0.2, -0.15) is 0 Å². The van der Waals surface area contributed by atoms with E-state index in [2.05, 4.69) is 29.1 Å². The summed E-state index contributed by atoms with van der Waals surface area (Å²) in [6.45, 7) is 2.50. The molecule has 0 saturated carbocycles. The van der Waals surface area contributed by atoms with Gasteiger partial charge in [0.05, 0.1) is 5.56 Å². The van der Waals surface area contributed by atoms with Gasteiger partial charge in [0.15, 0.2) is 5.84 Å². The lowest BCUT2D eigenvalue weighted by atomic mass is 10.1. The molecule has 0 aromatic heterocycles. The first kappa shape index (κ1) is 15.7. The van der Waals surface area contributed by atoms with Gasteiger partial charge in [-0.05, 0) is 39.5 Å². The van der Waals surface area contributed by atoms with Crippen molar-refractivity contribution in [1.82, 2.24) is 9.80 Å². The molecular formula is C15H23FN4O. The molecule has 0 radical (unpaired) electrons. The molecule has 0 spiro atoms. The molecule has 1 aromatic rings. The Hall–Kier alpha value is -1.66. The van der Waals surface area contributed by atoms with E-state index in [1.165, 1.54) is 6.07 Å². The molecule has 1 atom stereocenters. The highest BCUT2D eigenvalue weighted by atomic mass is 19.1. The van der Waals surface area contributed by atoms with Gasteiger partial charge in [0.25, 0.3) is 0 Å². The number of nitrogens with two attached hydrogens (primary N) is 1.